The predicted octanol–water partition coefficient (Wildman–Crippen LogP) is 4.88. The van der Waals surface area contributed by atoms with Crippen LogP contribution in [0.1, 0.15) is 10.4 Å². The Kier molecular flexibility index (Phi) is 5.22. The highest BCUT2D eigenvalue weighted by molar-refractivity contribution is 8.00. The van der Waals surface area contributed by atoms with E-state index in [1.807, 2.05) is 0 Å². The Balaban J connectivity index is 2.06. The Morgan fingerprint density at radius 1 is 1.14 bits per heavy atom. The average Bonchev–Trinajstić information content (AvgIpc) is 2.48. The van der Waals surface area contributed by atoms with Crippen molar-refractivity contribution in [3.8, 4) is 0 Å². The summed E-state index contributed by atoms with van der Waals surface area (Å²) in [7, 11) is 0. The van der Waals surface area contributed by atoms with Gasteiger partial charge in [-0.15, -0.1) is 11.8 Å². The summed E-state index contributed by atoms with van der Waals surface area (Å²) in [6.07, 6.45) is 0. The van der Waals surface area contributed by atoms with Crippen molar-refractivity contribution < 1.29 is 9.72 Å². The van der Waals surface area contributed by atoms with Gasteiger partial charge in [0.25, 0.3) is 5.69 Å². The van der Waals surface area contributed by atoms with Crippen LogP contribution in [0.3, 0.4) is 0 Å². The van der Waals surface area contributed by atoms with Crippen molar-refractivity contribution in [1.82, 2.24) is 0 Å². The first-order valence-electron chi connectivity index (χ1n) is 5.83. The summed E-state index contributed by atoms with van der Waals surface area (Å²) in [6, 6.07) is 10.8. The van der Waals surface area contributed by atoms with Crippen LogP contribution >= 0.6 is 35.0 Å². The van der Waals surface area contributed by atoms with Crippen LogP contribution in [0.25, 0.3) is 0 Å². The third-order valence-corrected chi connectivity index (χ3v) is 4.37. The van der Waals surface area contributed by atoms with Gasteiger partial charge in [0.2, 0.25) is 0 Å². The third kappa shape index (κ3) is 4.20. The summed E-state index contributed by atoms with van der Waals surface area (Å²) in [4.78, 5) is 23.0. The molecule has 2 aromatic carbocycles. The molecule has 4 nitrogen and oxygen atoms in total. The summed E-state index contributed by atoms with van der Waals surface area (Å²) < 4.78 is 0. The molecule has 0 saturated heterocycles. The van der Waals surface area contributed by atoms with Crippen LogP contribution in [0.2, 0.25) is 10.0 Å². The van der Waals surface area contributed by atoms with Crippen molar-refractivity contribution in [2.45, 2.75) is 4.90 Å². The fraction of sp³-hybridized carbons (Fsp3) is 0.0714. The fourth-order valence-electron chi connectivity index (χ4n) is 1.59. The van der Waals surface area contributed by atoms with Crippen molar-refractivity contribution in [2.75, 3.05) is 5.75 Å². The van der Waals surface area contributed by atoms with E-state index in [0.717, 1.165) is 4.90 Å². The number of nitrogens with zero attached hydrogens (tertiary/aromatic N) is 1. The number of rotatable bonds is 5. The molecule has 0 amide bonds. The number of carbonyl (C=O) groups excluding carboxylic acids is 1. The molecule has 0 radical (unpaired) electrons. The second-order valence-corrected chi connectivity index (χ2v) is 5.96. The van der Waals surface area contributed by atoms with Crippen molar-refractivity contribution in [1.29, 1.82) is 0 Å². The fourth-order valence-corrected chi connectivity index (χ4v) is 2.78. The molecule has 0 N–H and O–H groups in total. The Morgan fingerprint density at radius 3 is 2.57 bits per heavy atom. The lowest BCUT2D eigenvalue weighted by atomic mass is 10.1. The molecule has 0 aliphatic rings. The lowest BCUT2D eigenvalue weighted by molar-refractivity contribution is -0.384. The van der Waals surface area contributed by atoms with Crippen molar-refractivity contribution in [3.63, 3.8) is 0 Å². The molecule has 0 heterocycles. The lowest BCUT2D eigenvalue weighted by Crippen LogP contribution is -2.03. The zero-order valence-corrected chi connectivity index (χ0v) is 12.9. The molecule has 7 heteroatoms. The minimum absolute atomic E-state index is 0.0969. The van der Waals surface area contributed by atoms with E-state index in [4.69, 9.17) is 23.2 Å². The Labute approximate surface area is 135 Å². The minimum Gasteiger partial charge on any atom is -0.293 e. The van der Waals surface area contributed by atoms with Crippen LogP contribution in [0.5, 0.6) is 0 Å². The summed E-state index contributed by atoms with van der Waals surface area (Å²) in [5.74, 6) is -0.0196. The topological polar surface area (TPSA) is 60.2 Å². The van der Waals surface area contributed by atoms with E-state index < -0.39 is 4.92 Å². The van der Waals surface area contributed by atoms with Gasteiger partial charge in [0.05, 0.1) is 20.7 Å². The molecular weight excluding hydrogens is 333 g/mol. The van der Waals surface area contributed by atoms with Crippen molar-refractivity contribution in [3.05, 3.63) is 68.2 Å². The highest BCUT2D eigenvalue weighted by atomic mass is 35.5. The molecule has 0 aliphatic carbocycles. The molecule has 2 aromatic rings. The normalized spacial score (nSPS) is 10.4. The van der Waals surface area contributed by atoms with Crippen LogP contribution in [0, 0.1) is 10.1 Å². The maximum atomic E-state index is 12.0. The van der Waals surface area contributed by atoms with Crippen molar-refractivity contribution in [2.24, 2.45) is 0 Å². The molecule has 0 saturated carbocycles. The largest absolute Gasteiger partial charge is 0.293 e. The van der Waals surface area contributed by atoms with Gasteiger partial charge in [0, 0.05) is 22.6 Å². The van der Waals surface area contributed by atoms with Gasteiger partial charge >= 0.3 is 0 Å². The van der Waals surface area contributed by atoms with Crippen LogP contribution < -0.4 is 0 Å². The van der Waals surface area contributed by atoms with E-state index in [9.17, 15) is 14.9 Å². The smallest absolute Gasteiger partial charge is 0.270 e. The van der Waals surface area contributed by atoms with E-state index in [0.29, 0.717) is 15.6 Å². The molecule has 0 atom stereocenters. The average molecular weight is 342 g/mol. The van der Waals surface area contributed by atoms with Crippen LogP contribution in [0.4, 0.5) is 5.69 Å². The number of benzene rings is 2. The summed E-state index contributed by atoms with van der Waals surface area (Å²) in [6.45, 7) is 0. The molecule has 108 valence electrons. The standard InChI is InChI=1S/C14H9Cl2NO3S/c15-12-5-4-11(7-13(12)16)21-8-14(18)9-2-1-3-10(6-9)17(19)20/h1-7H,8H2. The van der Waals surface area contributed by atoms with Gasteiger partial charge in [0.15, 0.2) is 5.78 Å². The molecular formula is C14H9Cl2NO3S. The van der Waals surface area contributed by atoms with E-state index in [1.165, 1.54) is 30.0 Å². The maximum absolute atomic E-state index is 12.0. The first-order chi connectivity index (χ1) is 9.97. The van der Waals surface area contributed by atoms with Crippen LogP contribution in [-0.2, 0) is 0 Å². The predicted molar refractivity (Wildman–Crippen MR) is 84.6 cm³/mol. The summed E-state index contributed by atoms with van der Waals surface area (Å²) >= 11 is 13.0. The van der Waals surface area contributed by atoms with Gasteiger partial charge in [-0.25, -0.2) is 0 Å². The number of carbonyl (C=O) groups is 1. The monoisotopic (exact) mass is 341 g/mol. The molecule has 0 aliphatic heterocycles. The minimum atomic E-state index is -0.525. The van der Waals surface area contributed by atoms with Crippen molar-refractivity contribution >= 4 is 46.4 Å². The highest BCUT2D eigenvalue weighted by Gasteiger charge is 2.12. The number of nitro benzene ring substituents is 1. The number of halogens is 2. The van der Waals surface area contributed by atoms with E-state index in [2.05, 4.69) is 0 Å². The van der Waals surface area contributed by atoms with Gasteiger partial charge in [-0.1, -0.05) is 35.3 Å². The lowest BCUT2D eigenvalue weighted by Gasteiger charge is -2.03. The molecule has 0 unspecified atom stereocenters. The Morgan fingerprint density at radius 2 is 1.90 bits per heavy atom. The van der Waals surface area contributed by atoms with Gasteiger partial charge in [-0.3, -0.25) is 14.9 Å². The highest BCUT2D eigenvalue weighted by Crippen LogP contribution is 2.28. The first kappa shape index (κ1) is 15.8. The molecule has 0 fully saturated rings. The number of nitro groups is 1. The SMILES string of the molecule is O=C(CSc1ccc(Cl)c(Cl)c1)c1cccc([N+](=O)[O-])c1. The summed E-state index contributed by atoms with van der Waals surface area (Å²) in [5, 5.41) is 11.6. The van der Waals surface area contributed by atoms with E-state index in [1.54, 1.807) is 24.3 Å². The van der Waals surface area contributed by atoms with E-state index in [-0.39, 0.29) is 17.2 Å². The third-order valence-electron chi connectivity index (χ3n) is 2.64. The number of Topliss-reactive ketones (excluding diaryl/α,β-unsaturated/α-hetero) is 1. The Hall–Kier alpha value is -1.56. The number of ketones is 1. The van der Waals surface area contributed by atoms with Gasteiger partial charge in [-0.05, 0) is 18.2 Å². The van der Waals surface area contributed by atoms with Crippen LogP contribution in [-0.4, -0.2) is 16.5 Å². The molecule has 0 aromatic heterocycles. The summed E-state index contributed by atoms with van der Waals surface area (Å²) in [5.41, 5.74) is 0.220. The molecule has 0 bridgehead atoms. The zero-order valence-electron chi connectivity index (χ0n) is 10.6. The van der Waals surface area contributed by atoms with Gasteiger partial charge < -0.3 is 0 Å². The number of hydrogen-bond acceptors (Lipinski definition) is 4. The quantitative estimate of drug-likeness (QED) is 0.336. The number of thioether (sulfide) groups is 1. The second kappa shape index (κ2) is 6.93. The van der Waals surface area contributed by atoms with E-state index >= 15 is 0 Å². The van der Waals surface area contributed by atoms with Gasteiger partial charge in [0.1, 0.15) is 0 Å². The van der Waals surface area contributed by atoms with Crippen LogP contribution in [0.15, 0.2) is 47.4 Å². The zero-order chi connectivity index (χ0) is 15.4. The van der Waals surface area contributed by atoms with Gasteiger partial charge in [-0.2, -0.15) is 0 Å². The molecule has 21 heavy (non-hydrogen) atoms. The number of hydrogen-bond donors (Lipinski definition) is 0. The maximum Gasteiger partial charge on any atom is 0.270 e. The number of non-ortho nitro benzene ring substituents is 1. The first-order valence-corrected chi connectivity index (χ1v) is 7.57. The second-order valence-electron chi connectivity index (χ2n) is 4.10. The molecule has 2 rings (SSSR count). The molecule has 0 spiro atoms. The Bertz CT molecular complexity index is 706.